The Balaban J connectivity index is 1.52. The highest BCUT2D eigenvalue weighted by Crippen LogP contribution is 2.40. The van der Waals surface area contributed by atoms with Gasteiger partial charge in [0.05, 0.1) is 12.1 Å². The molecule has 146 valence electrons. The number of hydrogen-bond acceptors (Lipinski definition) is 5. The molecule has 1 N–H and O–H groups in total. The molecule has 27 heavy (non-hydrogen) atoms. The van der Waals surface area contributed by atoms with Crippen molar-refractivity contribution in [1.29, 1.82) is 0 Å². The van der Waals surface area contributed by atoms with Crippen molar-refractivity contribution in [2.45, 2.75) is 50.4 Å². The van der Waals surface area contributed by atoms with Crippen LogP contribution in [-0.2, 0) is 16.1 Å². The molecule has 2 amide bonds. The van der Waals surface area contributed by atoms with Crippen LogP contribution in [0.3, 0.4) is 0 Å². The van der Waals surface area contributed by atoms with Crippen LogP contribution in [0.2, 0.25) is 0 Å². The maximum Gasteiger partial charge on any atom is 0.252 e. The summed E-state index contributed by atoms with van der Waals surface area (Å²) >= 11 is 0. The van der Waals surface area contributed by atoms with Crippen LogP contribution in [0.15, 0.2) is 24.3 Å². The number of β-amino-alcohol motifs (C(OH)–C–C–N with tert-alkyl or cyclic N) is 1. The van der Waals surface area contributed by atoms with E-state index in [1.807, 2.05) is 11.8 Å². The number of benzene rings is 1. The first-order valence-electron chi connectivity index (χ1n) is 9.72. The number of halogens is 1. The number of hydrogen-bond donors (Lipinski definition) is 1. The highest BCUT2D eigenvalue weighted by Gasteiger charge is 2.63. The van der Waals surface area contributed by atoms with E-state index < -0.39 is 17.7 Å². The predicted molar refractivity (Wildman–Crippen MR) is 97.2 cm³/mol. The molecule has 1 aromatic rings. The summed E-state index contributed by atoms with van der Waals surface area (Å²) in [5, 5.41) is 10.1. The lowest BCUT2D eigenvalue weighted by Gasteiger charge is -2.58. The molecule has 3 aliphatic heterocycles. The molecule has 1 aromatic carbocycles. The molecular weight excluding hydrogens is 349 g/mol. The van der Waals surface area contributed by atoms with E-state index in [0.717, 1.165) is 18.4 Å². The van der Waals surface area contributed by atoms with Gasteiger partial charge in [-0.2, -0.15) is 0 Å². The molecule has 3 saturated heterocycles. The van der Waals surface area contributed by atoms with Crippen LogP contribution in [0.1, 0.15) is 31.7 Å². The summed E-state index contributed by atoms with van der Waals surface area (Å²) in [7, 11) is 0. The molecule has 2 unspecified atom stereocenters. The Bertz CT molecular complexity index is 732. The minimum atomic E-state index is -0.718. The topological polar surface area (TPSA) is 64.1 Å². The average molecular weight is 375 g/mol. The summed E-state index contributed by atoms with van der Waals surface area (Å²) < 4.78 is 13.1. The number of aliphatic hydroxyl groups is 1. The van der Waals surface area contributed by atoms with Crippen molar-refractivity contribution in [2.24, 2.45) is 0 Å². The van der Waals surface area contributed by atoms with Crippen LogP contribution in [0, 0.1) is 5.82 Å². The van der Waals surface area contributed by atoms with Crippen LogP contribution < -0.4 is 0 Å². The van der Waals surface area contributed by atoms with Crippen molar-refractivity contribution in [3.8, 4) is 0 Å². The van der Waals surface area contributed by atoms with Crippen molar-refractivity contribution in [3.63, 3.8) is 0 Å². The first-order chi connectivity index (χ1) is 12.9. The molecule has 0 bridgehead atoms. The second kappa shape index (κ2) is 6.96. The van der Waals surface area contributed by atoms with Gasteiger partial charge in [-0.15, -0.1) is 0 Å². The molecule has 1 spiro atoms. The van der Waals surface area contributed by atoms with Gasteiger partial charge in [0.25, 0.3) is 5.91 Å². The largest absolute Gasteiger partial charge is 0.392 e. The maximum atomic E-state index is 13.2. The smallest absolute Gasteiger partial charge is 0.252 e. The molecule has 3 aliphatic rings. The van der Waals surface area contributed by atoms with Crippen molar-refractivity contribution >= 4 is 11.8 Å². The highest BCUT2D eigenvalue weighted by atomic mass is 19.1. The van der Waals surface area contributed by atoms with E-state index in [2.05, 4.69) is 4.90 Å². The molecule has 0 saturated carbocycles. The van der Waals surface area contributed by atoms with E-state index in [0.29, 0.717) is 39.1 Å². The molecule has 0 aromatic heterocycles. The van der Waals surface area contributed by atoms with Crippen molar-refractivity contribution in [3.05, 3.63) is 35.6 Å². The van der Waals surface area contributed by atoms with E-state index in [9.17, 15) is 19.1 Å². The van der Waals surface area contributed by atoms with E-state index in [-0.39, 0.29) is 17.6 Å². The second-order valence-electron chi connectivity index (χ2n) is 8.01. The first-order valence-corrected chi connectivity index (χ1v) is 9.72. The zero-order chi connectivity index (χ0) is 19.2. The lowest BCUT2D eigenvalue weighted by molar-refractivity contribution is -0.180. The molecule has 4 rings (SSSR count). The van der Waals surface area contributed by atoms with E-state index in [4.69, 9.17) is 0 Å². The van der Waals surface area contributed by atoms with E-state index in [1.165, 1.54) is 17.0 Å². The minimum Gasteiger partial charge on any atom is -0.392 e. The van der Waals surface area contributed by atoms with Crippen molar-refractivity contribution in [1.82, 2.24) is 14.7 Å². The standard InChI is InChI=1S/C20H26FN3O3/c1-2-3-8-23-18(26)17-9-16(25)11-24(17)20(19(23)27)12-22(13-20)10-14-4-6-15(21)7-5-14/h4-7,16-17,25H,2-3,8-13H2,1H3. The Hall–Kier alpha value is -1.83. The number of unbranched alkanes of at least 4 members (excludes halogenated alkanes) is 1. The number of imide groups is 1. The van der Waals surface area contributed by atoms with E-state index in [1.54, 1.807) is 12.1 Å². The van der Waals surface area contributed by atoms with Gasteiger partial charge in [-0.05, 0) is 30.5 Å². The molecule has 2 atom stereocenters. The zero-order valence-corrected chi connectivity index (χ0v) is 15.6. The lowest BCUT2D eigenvalue weighted by atomic mass is 9.82. The molecular formula is C20H26FN3O3. The summed E-state index contributed by atoms with van der Waals surface area (Å²) in [6, 6.07) is 5.98. The number of aliphatic hydroxyl groups excluding tert-OH is 1. The third kappa shape index (κ3) is 3.07. The lowest BCUT2D eigenvalue weighted by Crippen LogP contribution is -2.81. The Labute approximate surface area is 158 Å². The quantitative estimate of drug-likeness (QED) is 0.778. The minimum absolute atomic E-state index is 0.123. The molecule has 7 heteroatoms. The number of carbonyl (C=O) groups is 2. The Morgan fingerprint density at radius 1 is 1.22 bits per heavy atom. The fraction of sp³-hybridized carbons (Fsp3) is 0.600. The van der Waals surface area contributed by atoms with Crippen LogP contribution in [0.5, 0.6) is 0 Å². The summed E-state index contributed by atoms with van der Waals surface area (Å²) in [6.45, 7) is 4.56. The highest BCUT2D eigenvalue weighted by molar-refractivity contribution is 6.06. The Kier molecular flexibility index (Phi) is 4.78. The Morgan fingerprint density at radius 3 is 2.59 bits per heavy atom. The van der Waals surface area contributed by atoms with Gasteiger partial charge in [0.1, 0.15) is 11.4 Å². The van der Waals surface area contributed by atoms with Crippen molar-refractivity contribution < 1.29 is 19.1 Å². The number of nitrogens with zero attached hydrogens (tertiary/aromatic N) is 3. The molecule has 6 nitrogen and oxygen atoms in total. The second-order valence-corrected chi connectivity index (χ2v) is 8.01. The normalized spacial score (nSPS) is 27.9. The summed E-state index contributed by atoms with van der Waals surface area (Å²) in [4.78, 5) is 31.6. The van der Waals surface area contributed by atoms with Crippen LogP contribution in [0.4, 0.5) is 4.39 Å². The molecule has 0 aliphatic carbocycles. The number of rotatable bonds is 5. The Morgan fingerprint density at radius 2 is 1.93 bits per heavy atom. The van der Waals surface area contributed by atoms with Gasteiger partial charge >= 0.3 is 0 Å². The van der Waals surface area contributed by atoms with Crippen LogP contribution in [0.25, 0.3) is 0 Å². The van der Waals surface area contributed by atoms with Gasteiger partial charge in [0.15, 0.2) is 0 Å². The predicted octanol–water partition coefficient (Wildman–Crippen LogP) is 0.984. The van der Waals surface area contributed by atoms with E-state index >= 15 is 0 Å². The van der Waals surface area contributed by atoms with Gasteiger partial charge in [0.2, 0.25) is 5.91 Å². The third-order valence-electron chi connectivity index (χ3n) is 6.05. The van der Waals surface area contributed by atoms with Crippen LogP contribution >= 0.6 is 0 Å². The first kappa shape index (κ1) is 18.5. The fourth-order valence-corrected chi connectivity index (χ4v) is 4.67. The number of amides is 2. The maximum absolute atomic E-state index is 13.2. The molecule has 0 radical (unpaired) electrons. The zero-order valence-electron chi connectivity index (χ0n) is 15.6. The number of fused-ring (bicyclic) bond motifs is 2. The van der Waals surface area contributed by atoms with Crippen LogP contribution in [-0.4, -0.2) is 75.5 Å². The van der Waals surface area contributed by atoms with Gasteiger partial charge in [-0.25, -0.2) is 4.39 Å². The summed E-state index contributed by atoms with van der Waals surface area (Å²) in [6.07, 6.45) is 1.54. The third-order valence-corrected chi connectivity index (χ3v) is 6.05. The average Bonchev–Trinajstić information content (AvgIpc) is 3.01. The summed E-state index contributed by atoms with van der Waals surface area (Å²) in [5.41, 5.74) is 0.274. The fourth-order valence-electron chi connectivity index (χ4n) is 4.67. The number of piperazine rings is 1. The SMILES string of the molecule is CCCCN1C(=O)C2CC(O)CN2C2(CN(Cc3ccc(F)cc3)C2)C1=O. The van der Waals surface area contributed by atoms with Gasteiger partial charge < -0.3 is 5.11 Å². The number of carbonyl (C=O) groups excluding carboxylic acids is 2. The number of likely N-dealkylation sites (tertiary alicyclic amines) is 1. The van der Waals surface area contributed by atoms with Gasteiger partial charge in [0, 0.05) is 32.7 Å². The van der Waals surface area contributed by atoms with Crippen molar-refractivity contribution in [2.75, 3.05) is 26.2 Å². The monoisotopic (exact) mass is 375 g/mol. The van der Waals surface area contributed by atoms with Gasteiger partial charge in [-0.3, -0.25) is 24.3 Å². The summed E-state index contributed by atoms with van der Waals surface area (Å²) in [5.74, 6) is -0.547. The molecule has 3 fully saturated rings. The molecule has 3 heterocycles. The van der Waals surface area contributed by atoms with Gasteiger partial charge in [-0.1, -0.05) is 25.5 Å².